The Morgan fingerprint density at radius 3 is 3.00 bits per heavy atom. The van der Waals surface area contributed by atoms with Gasteiger partial charge in [-0.25, -0.2) is 4.79 Å². The molecular weight excluding hydrogens is 240 g/mol. The van der Waals surface area contributed by atoms with Crippen LogP contribution >= 0.6 is 11.5 Å². The molecule has 0 aliphatic carbocycles. The highest BCUT2D eigenvalue weighted by molar-refractivity contribution is 7.10. The van der Waals surface area contributed by atoms with Crippen molar-refractivity contribution in [2.24, 2.45) is 7.05 Å². The van der Waals surface area contributed by atoms with Crippen molar-refractivity contribution >= 4 is 22.5 Å². The maximum absolute atomic E-state index is 11.0. The molecule has 0 bridgehead atoms. The number of carbonyl (C=O) groups is 1. The summed E-state index contributed by atoms with van der Waals surface area (Å²) >= 11 is 1.15. The summed E-state index contributed by atoms with van der Waals surface area (Å²) in [6, 6.07) is 1.88. The van der Waals surface area contributed by atoms with Crippen LogP contribution < -0.4 is 5.32 Å². The Bertz CT molecular complexity index is 546. The third-order valence-corrected chi connectivity index (χ3v) is 3.17. The van der Waals surface area contributed by atoms with Crippen LogP contribution in [0.2, 0.25) is 0 Å². The van der Waals surface area contributed by atoms with E-state index in [9.17, 15) is 4.79 Å². The number of nitrogens with zero attached hydrogens (tertiary/aromatic N) is 3. The van der Waals surface area contributed by atoms with Crippen LogP contribution in [0.15, 0.2) is 12.3 Å². The fourth-order valence-electron chi connectivity index (χ4n) is 1.47. The highest BCUT2D eigenvalue weighted by atomic mass is 32.1. The molecule has 0 aliphatic rings. The normalized spacial score (nSPS) is 10.5. The number of aromatic nitrogens is 3. The number of carboxylic acid groups (broad SMARTS) is 1. The molecule has 0 spiro atoms. The Labute approximate surface area is 102 Å². The molecule has 0 amide bonds. The summed E-state index contributed by atoms with van der Waals surface area (Å²) in [5.41, 5.74) is 1.63. The standard InChI is InChI=1S/C10H12N4O2S/c1-6-8(10(15)16)9(17-13-6)11-5-7-3-4-14(2)12-7/h3-4,11H,5H2,1-2H3,(H,15,16). The number of aromatic carboxylic acids is 1. The number of hydrogen-bond acceptors (Lipinski definition) is 5. The van der Waals surface area contributed by atoms with Gasteiger partial charge in [0, 0.05) is 13.2 Å². The zero-order valence-corrected chi connectivity index (χ0v) is 10.3. The van der Waals surface area contributed by atoms with Gasteiger partial charge in [0.05, 0.1) is 17.9 Å². The van der Waals surface area contributed by atoms with Gasteiger partial charge in [-0.1, -0.05) is 0 Å². The average Bonchev–Trinajstić information content (AvgIpc) is 2.82. The van der Waals surface area contributed by atoms with Gasteiger partial charge in [0.2, 0.25) is 0 Å². The summed E-state index contributed by atoms with van der Waals surface area (Å²) in [7, 11) is 1.84. The highest BCUT2D eigenvalue weighted by Crippen LogP contribution is 2.24. The van der Waals surface area contributed by atoms with E-state index in [0.29, 0.717) is 17.2 Å². The predicted octanol–water partition coefficient (Wildman–Crippen LogP) is 1.50. The minimum absolute atomic E-state index is 0.242. The van der Waals surface area contributed by atoms with Crippen LogP contribution in [0, 0.1) is 6.92 Å². The third-order valence-electron chi connectivity index (χ3n) is 2.28. The highest BCUT2D eigenvalue weighted by Gasteiger charge is 2.17. The lowest BCUT2D eigenvalue weighted by Gasteiger charge is -2.02. The topological polar surface area (TPSA) is 80.0 Å². The van der Waals surface area contributed by atoms with Gasteiger partial charge in [0.25, 0.3) is 0 Å². The van der Waals surface area contributed by atoms with E-state index >= 15 is 0 Å². The first-order valence-electron chi connectivity index (χ1n) is 5.00. The quantitative estimate of drug-likeness (QED) is 0.861. The molecule has 2 rings (SSSR count). The van der Waals surface area contributed by atoms with Gasteiger partial charge in [0.1, 0.15) is 10.6 Å². The monoisotopic (exact) mass is 252 g/mol. The molecule has 0 saturated heterocycles. The Morgan fingerprint density at radius 1 is 1.65 bits per heavy atom. The molecule has 0 aliphatic heterocycles. The molecule has 0 atom stereocenters. The van der Waals surface area contributed by atoms with E-state index in [2.05, 4.69) is 14.8 Å². The van der Waals surface area contributed by atoms with E-state index < -0.39 is 5.97 Å². The molecule has 0 saturated carbocycles. The van der Waals surface area contributed by atoms with Crippen molar-refractivity contribution in [2.45, 2.75) is 13.5 Å². The average molecular weight is 252 g/mol. The maximum Gasteiger partial charge on any atom is 0.340 e. The summed E-state index contributed by atoms with van der Waals surface area (Å²) in [6.07, 6.45) is 1.84. The fourth-order valence-corrected chi connectivity index (χ4v) is 2.25. The molecule has 0 radical (unpaired) electrons. The van der Waals surface area contributed by atoms with Gasteiger partial charge in [-0.3, -0.25) is 4.68 Å². The fraction of sp³-hybridized carbons (Fsp3) is 0.300. The number of rotatable bonds is 4. The van der Waals surface area contributed by atoms with Crippen LogP contribution in [0.25, 0.3) is 0 Å². The first kappa shape index (κ1) is 11.6. The van der Waals surface area contributed by atoms with Crippen molar-refractivity contribution in [1.82, 2.24) is 14.2 Å². The van der Waals surface area contributed by atoms with Gasteiger partial charge in [0.15, 0.2) is 0 Å². The van der Waals surface area contributed by atoms with E-state index in [1.165, 1.54) is 0 Å². The van der Waals surface area contributed by atoms with Gasteiger partial charge >= 0.3 is 5.97 Å². The number of hydrogen-bond donors (Lipinski definition) is 2. The van der Waals surface area contributed by atoms with Crippen molar-refractivity contribution in [1.29, 1.82) is 0 Å². The molecular formula is C10H12N4O2S. The van der Waals surface area contributed by atoms with E-state index in [1.54, 1.807) is 11.6 Å². The first-order chi connectivity index (χ1) is 8.08. The second-order valence-corrected chi connectivity index (χ2v) is 4.38. The minimum atomic E-state index is -0.959. The second kappa shape index (κ2) is 4.54. The number of anilines is 1. The van der Waals surface area contributed by atoms with Crippen molar-refractivity contribution in [3.05, 3.63) is 29.2 Å². The van der Waals surface area contributed by atoms with Crippen LogP contribution in [0.1, 0.15) is 21.7 Å². The molecule has 2 heterocycles. The molecule has 90 valence electrons. The molecule has 2 aromatic rings. The van der Waals surface area contributed by atoms with E-state index in [4.69, 9.17) is 5.11 Å². The Hall–Kier alpha value is -1.89. The van der Waals surface area contributed by atoms with Gasteiger partial charge < -0.3 is 10.4 Å². The zero-order valence-electron chi connectivity index (χ0n) is 9.47. The van der Waals surface area contributed by atoms with Crippen LogP contribution in [0.5, 0.6) is 0 Å². The lowest BCUT2D eigenvalue weighted by Crippen LogP contribution is -2.05. The van der Waals surface area contributed by atoms with Crippen LogP contribution in [0.3, 0.4) is 0 Å². The van der Waals surface area contributed by atoms with Crippen LogP contribution in [0.4, 0.5) is 5.00 Å². The molecule has 2 aromatic heterocycles. The first-order valence-corrected chi connectivity index (χ1v) is 5.77. The van der Waals surface area contributed by atoms with Gasteiger partial charge in [-0.2, -0.15) is 9.47 Å². The lowest BCUT2D eigenvalue weighted by molar-refractivity contribution is 0.0697. The molecule has 0 unspecified atom stereocenters. The number of aryl methyl sites for hydroxylation is 2. The maximum atomic E-state index is 11.0. The number of carboxylic acids is 1. The van der Waals surface area contributed by atoms with Gasteiger partial charge in [-0.05, 0) is 24.5 Å². The second-order valence-electron chi connectivity index (χ2n) is 3.61. The molecule has 6 nitrogen and oxygen atoms in total. The summed E-state index contributed by atoms with van der Waals surface area (Å²) < 4.78 is 5.73. The third kappa shape index (κ3) is 2.44. The van der Waals surface area contributed by atoms with E-state index in [-0.39, 0.29) is 5.56 Å². The molecule has 7 heteroatoms. The Morgan fingerprint density at radius 2 is 2.41 bits per heavy atom. The van der Waals surface area contributed by atoms with E-state index in [1.807, 2.05) is 19.3 Å². The van der Waals surface area contributed by atoms with Gasteiger partial charge in [-0.15, -0.1) is 0 Å². The molecule has 17 heavy (non-hydrogen) atoms. The summed E-state index contributed by atoms with van der Waals surface area (Å²) in [6.45, 7) is 2.18. The summed E-state index contributed by atoms with van der Waals surface area (Å²) in [5, 5.41) is 16.9. The van der Waals surface area contributed by atoms with Crippen molar-refractivity contribution < 1.29 is 9.90 Å². The minimum Gasteiger partial charge on any atom is -0.478 e. The molecule has 0 aromatic carbocycles. The molecule has 2 N–H and O–H groups in total. The lowest BCUT2D eigenvalue weighted by atomic mass is 10.2. The Balaban J connectivity index is 2.11. The zero-order chi connectivity index (χ0) is 12.4. The molecule has 0 fully saturated rings. The number of nitrogens with one attached hydrogen (secondary N) is 1. The summed E-state index contributed by atoms with van der Waals surface area (Å²) in [5.74, 6) is -0.959. The summed E-state index contributed by atoms with van der Waals surface area (Å²) in [4.78, 5) is 11.0. The Kier molecular flexibility index (Phi) is 3.10. The smallest absolute Gasteiger partial charge is 0.340 e. The predicted molar refractivity (Wildman–Crippen MR) is 64.3 cm³/mol. The van der Waals surface area contributed by atoms with Crippen molar-refractivity contribution in [3.8, 4) is 0 Å². The van der Waals surface area contributed by atoms with Crippen LogP contribution in [-0.4, -0.2) is 25.2 Å². The van der Waals surface area contributed by atoms with Crippen molar-refractivity contribution in [2.75, 3.05) is 5.32 Å². The largest absolute Gasteiger partial charge is 0.478 e. The SMILES string of the molecule is Cc1nsc(NCc2ccn(C)n2)c1C(=O)O. The van der Waals surface area contributed by atoms with Crippen LogP contribution in [-0.2, 0) is 13.6 Å². The van der Waals surface area contributed by atoms with E-state index in [0.717, 1.165) is 17.2 Å². The van der Waals surface area contributed by atoms with Crippen molar-refractivity contribution in [3.63, 3.8) is 0 Å².